The second-order valence-electron chi connectivity index (χ2n) is 13.4. The van der Waals surface area contributed by atoms with E-state index in [4.69, 9.17) is 9.31 Å². The Kier molecular flexibility index (Phi) is 7.82. The molecule has 2 fully saturated rings. The highest BCUT2D eigenvalue weighted by atomic mass is 16.7. The molecular weight excluding hydrogens is 495 g/mol. The van der Waals surface area contributed by atoms with Gasteiger partial charge in [0.15, 0.2) is 0 Å². The second kappa shape index (κ2) is 10.8. The van der Waals surface area contributed by atoms with Crippen LogP contribution in [0.4, 0.5) is 0 Å². The molecule has 3 atom stereocenters. The van der Waals surface area contributed by atoms with Crippen molar-refractivity contribution in [3.8, 4) is 11.1 Å². The van der Waals surface area contributed by atoms with Gasteiger partial charge in [-0.3, -0.25) is 0 Å². The Balaban J connectivity index is 1.52. The standard InChI is InChI=1S/C35H45BO4/c1-8-35(20-23(2)15-24(3)21-35)32-19-28(11-12-29(32)18-31(38)22-37)25-9-10-27-17-30(14-13-26(27)16-25)36-39-33(4,5)34(6,7)40-36/h9-14,16-17,19,24,31,37-38H,2,8,15,18,20-22H2,1,3-7H3. The van der Waals surface area contributed by atoms with E-state index in [-0.39, 0.29) is 30.3 Å². The minimum absolute atomic E-state index is 0.0101. The average Bonchev–Trinajstić information content (AvgIpc) is 3.13. The van der Waals surface area contributed by atoms with Crippen LogP contribution in [0.15, 0.2) is 66.7 Å². The Bertz CT molecular complexity index is 1390. The lowest BCUT2D eigenvalue weighted by Gasteiger charge is -2.42. The number of hydrogen-bond acceptors (Lipinski definition) is 4. The highest BCUT2D eigenvalue weighted by molar-refractivity contribution is 6.62. The summed E-state index contributed by atoms with van der Waals surface area (Å²) in [4.78, 5) is 0. The van der Waals surface area contributed by atoms with Gasteiger partial charge in [-0.2, -0.15) is 0 Å². The molecule has 0 radical (unpaired) electrons. The van der Waals surface area contributed by atoms with Gasteiger partial charge in [0.25, 0.3) is 0 Å². The Morgan fingerprint density at radius 1 is 0.950 bits per heavy atom. The van der Waals surface area contributed by atoms with Gasteiger partial charge < -0.3 is 19.5 Å². The number of hydrogen-bond donors (Lipinski definition) is 2. The van der Waals surface area contributed by atoms with Gasteiger partial charge in [0, 0.05) is 6.42 Å². The van der Waals surface area contributed by atoms with Crippen LogP contribution in [-0.2, 0) is 21.1 Å². The summed E-state index contributed by atoms with van der Waals surface area (Å²) in [6.45, 7) is 17.1. The fourth-order valence-corrected chi connectivity index (χ4v) is 6.84. The molecule has 0 amide bonds. The molecule has 0 spiro atoms. The largest absolute Gasteiger partial charge is 0.494 e. The van der Waals surface area contributed by atoms with E-state index >= 15 is 0 Å². The molecule has 2 aliphatic rings. The van der Waals surface area contributed by atoms with Crippen molar-refractivity contribution in [1.82, 2.24) is 0 Å². The number of benzene rings is 3. The first-order valence-corrected chi connectivity index (χ1v) is 14.8. The van der Waals surface area contributed by atoms with Crippen molar-refractivity contribution >= 4 is 23.4 Å². The van der Waals surface area contributed by atoms with E-state index < -0.39 is 6.10 Å². The summed E-state index contributed by atoms with van der Waals surface area (Å²) in [6, 6.07) is 19.7. The molecule has 1 aliphatic heterocycles. The maximum Gasteiger partial charge on any atom is 0.494 e. The summed E-state index contributed by atoms with van der Waals surface area (Å²) in [7, 11) is -0.378. The SMILES string of the molecule is C=C1CC(C)CC(CC)(c2cc(-c3ccc4cc(B5OC(C)(C)C(C)(C)O5)ccc4c3)ccc2CC(O)CO)C1. The van der Waals surface area contributed by atoms with Crippen LogP contribution in [0.25, 0.3) is 21.9 Å². The third-order valence-electron chi connectivity index (χ3n) is 9.71. The molecule has 3 aromatic rings. The van der Waals surface area contributed by atoms with Gasteiger partial charge in [-0.1, -0.05) is 74.5 Å². The molecule has 1 aliphatic carbocycles. The molecule has 40 heavy (non-hydrogen) atoms. The monoisotopic (exact) mass is 540 g/mol. The summed E-state index contributed by atoms with van der Waals surface area (Å²) in [6.07, 6.45) is 3.86. The predicted molar refractivity (Wildman–Crippen MR) is 166 cm³/mol. The summed E-state index contributed by atoms with van der Waals surface area (Å²) in [5.74, 6) is 0.569. The molecule has 5 rings (SSSR count). The van der Waals surface area contributed by atoms with E-state index in [1.807, 2.05) is 0 Å². The highest BCUT2D eigenvalue weighted by Crippen LogP contribution is 2.48. The zero-order valence-corrected chi connectivity index (χ0v) is 25.1. The fourth-order valence-electron chi connectivity index (χ4n) is 6.84. The van der Waals surface area contributed by atoms with Gasteiger partial charge in [-0.15, -0.1) is 0 Å². The van der Waals surface area contributed by atoms with Crippen molar-refractivity contribution in [3.63, 3.8) is 0 Å². The molecule has 0 bridgehead atoms. The van der Waals surface area contributed by atoms with Crippen molar-refractivity contribution in [2.45, 2.75) is 96.4 Å². The number of aliphatic hydroxyl groups is 2. The molecule has 5 heteroatoms. The molecule has 2 N–H and O–H groups in total. The van der Waals surface area contributed by atoms with Gasteiger partial charge >= 0.3 is 7.12 Å². The summed E-state index contributed by atoms with van der Waals surface area (Å²) < 4.78 is 12.6. The first-order chi connectivity index (χ1) is 18.9. The van der Waals surface area contributed by atoms with Gasteiger partial charge in [-0.05, 0) is 109 Å². The van der Waals surface area contributed by atoms with Gasteiger partial charge in [0.2, 0.25) is 0 Å². The van der Waals surface area contributed by atoms with E-state index in [1.165, 1.54) is 27.6 Å². The van der Waals surface area contributed by atoms with Crippen LogP contribution >= 0.6 is 0 Å². The fraction of sp³-hybridized carbons (Fsp3) is 0.486. The quantitative estimate of drug-likeness (QED) is 0.258. The zero-order chi connectivity index (χ0) is 28.9. The summed E-state index contributed by atoms with van der Waals surface area (Å²) in [5.41, 5.74) is 6.35. The van der Waals surface area contributed by atoms with Crippen molar-refractivity contribution in [2.75, 3.05) is 6.61 Å². The van der Waals surface area contributed by atoms with Gasteiger partial charge in [0.05, 0.1) is 23.9 Å². The van der Waals surface area contributed by atoms with Crippen LogP contribution in [0, 0.1) is 5.92 Å². The molecular formula is C35H45BO4. The first-order valence-electron chi connectivity index (χ1n) is 14.8. The first kappa shape index (κ1) is 29.1. The van der Waals surface area contributed by atoms with Crippen molar-refractivity contribution in [2.24, 2.45) is 5.92 Å². The highest BCUT2D eigenvalue weighted by Gasteiger charge is 2.51. The third-order valence-corrected chi connectivity index (χ3v) is 9.71. The van der Waals surface area contributed by atoms with E-state index in [9.17, 15) is 10.2 Å². The number of rotatable bonds is 7. The maximum absolute atomic E-state index is 10.4. The van der Waals surface area contributed by atoms with Crippen molar-refractivity contribution in [3.05, 3.63) is 77.9 Å². The van der Waals surface area contributed by atoms with E-state index in [2.05, 4.69) is 103 Å². The van der Waals surface area contributed by atoms with E-state index in [0.717, 1.165) is 42.1 Å². The molecule has 1 heterocycles. The van der Waals surface area contributed by atoms with E-state index in [1.54, 1.807) is 0 Å². The van der Waals surface area contributed by atoms with Crippen LogP contribution in [0.5, 0.6) is 0 Å². The molecule has 1 saturated heterocycles. The zero-order valence-electron chi connectivity index (χ0n) is 25.1. The molecule has 1 saturated carbocycles. The molecule has 0 aromatic heterocycles. The second-order valence-corrected chi connectivity index (χ2v) is 13.4. The lowest BCUT2D eigenvalue weighted by Crippen LogP contribution is -2.41. The number of fused-ring (bicyclic) bond motifs is 1. The molecule has 3 unspecified atom stereocenters. The van der Waals surface area contributed by atoms with Gasteiger partial charge in [0.1, 0.15) is 0 Å². The normalized spacial score (nSPS) is 24.9. The van der Waals surface area contributed by atoms with Crippen LogP contribution < -0.4 is 5.46 Å². The Labute approximate surface area is 240 Å². The summed E-state index contributed by atoms with van der Waals surface area (Å²) >= 11 is 0. The van der Waals surface area contributed by atoms with Crippen LogP contribution in [0.3, 0.4) is 0 Å². The number of aliphatic hydroxyl groups excluding tert-OH is 2. The predicted octanol–water partition coefficient (Wildman–Crippen LogP) is 6.73. The third kappa shape index (κ3) is 5.42. The van der Waals surface area contributed by atoms with Crippen LogP contribution in [-0.4, -0.2) is 41.2 Å². The molecule has 4 nitrogen and oxygen atoms in total. The van der Waals surface area contributed by atoms with Gasteiger partial charge in [-0.25, -0.2) is 0 Å². The smallest absolute Gasteiger partial charge is 0.399 e. The van der Waals surface area contributed by atoms with Crippen molar-refractivity contribution < 1.29 is 19.5 Å². The van der Waals surface area contributed by atoms with Crippen molar-refractivity contribution in [1.29, 1.82) is 0 Å². The topological polar surface area (TPSA) is 58.9 Å². The summed E-state index contributed by atoms with van der Waals surface area (Å²) in [5, 5.41) is 22.3. The van der Waals surface area contributed by atoms with Crippen LogP contribution in [0.1, 0.15) is 78.4 Å². The Morgan fingerprint density at radius 2 is 1.57 bits per heavy atom. The number of allylic oxidation sites excluding steroid dienone is 1. The Hall–Kier alpha value is -2.44. The van der Waals surface area contributed by atoms with Crippen LogP contribution in [0.2, 0.25) is 0 Å². The average molecular weight is 541 g/mol. The maximum atomic E-state index is 10.4. The lowest BCUT2D eigenvalue weighted by molar-refractivity contribution is 0.00578. The molecule has 212 valence electrons. The van der Waals surface area contributed by atoms with E-state index in [0.29, 0.717) is 12.3 Å². The Morgan fingerprint density at radius 3 is 2.23 bits per heavy atom. The molecule has 3 aromatic carbocycles. The lowest BCUT2D eigenvalue weighted by atomic mass is 9.62. The minimum atomic E-state index is -0.762. The minimum Gasteiger partial charge on any atom is -0.399 e.